The number of rotatable bonds is 5. The fourth-order valence-electron chi connectivity index (χ4n) is 3.82. The number of ether oxygens (including phenoxy) is 2. The SMILES string of the molecule is CC1CN(S(=O)(=O)C=Cc2ccc(S(=O)(=O)N3CC(C)OC(C)C3)cc2)CC(C)O1. The standard InChI is InChI=1S/C20H30N2O6S2/c1-15-11-21(12-16(2)27-15)29(23,24)10-9-19-5-7-20(8-6-19)30(25,26)22-13-17(3)28-18(4)14-22/h5-10,15-18H,11-14H2,1-4H3. The maximum Gasteiger partial charge on any atom is 0.243 e. The molecule has 4 atom stereocenters. The fourth-order valence-corrected chi connectivity index (χ4v) is 6.74. The predicted octanol–water partition coefficient (Wildman–Crippen LogP) is 1.89. The van der Waals surface area contributed by atoms with Crippen LogP contribution in [0.1, 0.15) is 33.3 Å². The van der Waals surface area contributed by atoms with E-state index >= 15 is 0 Å². The molecular weight excluding hydrogens is 428 g/mol. The molecule has 2 saturated heterocycles. The summed E-state index contributed by atoms with van der Waals surface area (Å²) in [5, 5.41) is 1.16. The van der Waals surface area contributed by atoms with E-state index in [0.717, 1.165) is 5.41 Å². The molecule has 0 bridgehead atoms. The van der Waals surface area contributed by atoms with E-state index in [-0.39, 0.29) is 29.3 Å². The van der Waals surface area contributed by atoms with Gasteiger partial charge in [0.2, 0.25) is 20.0 Å². The highest BCUT2D eigenvalue weighted by atomic mass is 32.2. The molecule has 0 amide bonds. The van der Waals surface area contributed by atoms with Crippen molar-refractivity contribution in [1.29, 1.82) is 0 Å². The molecule has 10 heteroatoms. The van der Waals surface area contributed by atoms with Crippen molar-refractivity contribution in [3.63, 3.8) is 0 Å². The number of hydrogen-bond donors (Lipinski definition) is 0. The summed E-state index contributed by atoms with van der Waals surface area (Å²) in [5.74, 6) is 0. The van der Waals surface area contributed by atoms with Gasteiger partial charge in [-0.3, -0.25) is 0 Å². The number of benzene rings is 1. The van der Waals surface area contributed by atoms with Crippen molar-refractivity contribution in [1.82, 2.24) is 8.61 Å². The van der Waals surface area contributed by atoms with E-state index in [9.17, 15) is 16.8 Å². The van der Waals surface area contributed by atoms with Crippen molar-refractivity contribution >= 4 is 26.1 Å². The lowest BCUT2D eigenvalue weighted by Crippen LogP contribution is -2.48. The van der Waals surface area contributed by atoms with Gasteiger partial charge in [-0.1, -0.05) is 12.1 Å². The molecule has 0 radical (unpaired) electrons. The summed E-state index contributed by atoms with van der Waals surface area (Å²) in [6, 6.07) is 6.23. The Balaban J connectivity index is 1.72. The second-order valence-corrected chi connectivity index (χ2v) is 11.8. The molecular formula is C20H30N2O6S2. The van der Waals surface area contributed by atoms with Crippen LogP contribution in [0.3, 0.4) is 0 Å². The van der Waals surface area contributed by atoms with Gasteiger partial charge in [-0.2, -0.15) is 8.61 Å². The first kappa shape index (κ1) is 23.4. The molecule has 2 fully saturated rings. The Morgan fingerprint density at radius 2 is 1.20 bits per heavy atom. The van der Waals surface area contributed by atoms with Crippen molar-refractivity contribution in [3.05, 3.63) is 35.2 Å². The van der Waals surface area contributed by atoms with Crippen molar-refractivity contribution in [2.45, 2.75) is 57.0 Å². The van der Waals surface area contributed by atoms with E-state index in [0.29, 0.717) is 31.7 Å². The Hall–Kier alpha value is -1.30. The third-order valence-corrected chi connectivity index (χ3v) is 8.43. The van der Waals surface area contributed by atoms with Crippen LogP contribution in [0.2, 0.25) is 0 Å². The van der Waals surface area contributed by atoms with Gasteiger partial charge < -0.3 is 9.47 Å². The zero-order valence-electron chi connectivity index (χ0n) is 17.8. The average molecular weight is 459 g/mol. The van der Waals surface area contributed by atoms with Crippen LogP contribution in [0.15, 0.2) is 34.6 Å². The molecule has 2 heterocycles. The second kappa shape index (κ2) is 9.05. The smallest absolute Gasteiger partial charge is 0.243 e. The summed E-state index contributed by atoms with van der Waals surface area (Å²) >= 11 is 0. The molecule has 4 unspecified atom stereocenters. The minimum atomic E-state index is -3.63. The first-order chi connectivity index (χ1) is 14.0. The molecule has 2 aliphatic heterocycles. The van der Waals surface area contributed by atoms with Crippen LogP contribution >= 0.6 is 0 Å². The van der Waals surface area contributed by atoms with Crippen LogP contribution in [-0.2, 0) is 29.5 Å². The third kappa shape index (κ3) is 5.49. The van der Waals surface area contributed by atoms with Crippen molar-refractivity contribution < 1.29 is 26.3 Å². The zero-order valence-corrected chi connectivity index (χ0v) is 19.4. The molecule has 30 heavy (non-hydrogen) atoms. The minimum Gasteiger partial charge on any atom is -0.373 e. The van der Waals surface area contributed by atoms with Crippen LogP contribution < -0.4 is 0 Å². The van der Waals surface area contributed by atoms with Gasteiger partial charge in [0.15, 0.2) is 0 Å². The number of morpholine rings is 2. The van der Waals surface area contributed by atoms with E-state index in [2.05, 4.69) is 0 Å². The highest BCUT2D eigenvalue weighted by Crippen LogP contribution is 2.22. The lowest BCUT2D eigenvalue weighted by Gasteiger charge is -2.34. The first-order valence-electron chi connectivity index (χ1n) is 10.1. The Kier molecular flexibility index (Phi) is 7.05. The Bertz CT molecular complexity index is 955. The lowest BCUT2D eigenvalue weighted by molar-refractivity contribution is -0.0441. The maximum atomic E-state index is 12.9. The van der Waals surface area contributed by atoms with Gasteiger partial charge in [0.1, 0.15) is 0 Å². The minimum absolute atomic E-state index is 0.160. The second-order valence-electron chi connectivity index (χ2n) is 8.07. The largest absolute Gasteiger partial charge is 0.373 e. The molecule has 2 aliphatic rings. The molecule has 0 N–H and O–H groups in total. The van der Waals surface area contributed by atoms with Crippen LogP contribution in [0, 0.1) is 0 Å². The van der Waals surface area contributed by atoms with Gasteiger partial charge in [-0.15, -0.1) is 0 Å². The van der Waals surface area contributed by atoms with Crippen LogP contribution in [0.5, 0.6) is 0 Å². The quantitative estimate of drug-likeness (QED) is 0.669. The number of hydrogen-bond acceptors (Lipinski definition) is 6. The van der Waals surface area contributed by atoms with E-state index in [1.807, 2.05) is 27.7 Å². The molecule has 0 aliphatic carbocycles. The molecule has 0 saturated carbocycles. The normalized spacial score (nSPS) is 30.0. The van der Waals surface area contributed by atoms with Crippen LogP contribution in [-0.4, -0.2) is 76.0 Å². The van der Waals surface area contributed by atoms with Gasteiger partial charge in [-0.25, -0.2) is 16.8 Å². The van der Waals surface area contributed by atoms with Gasteiger partial charge in [0, 0.05) is 31.6 Å². The Labute approximate surface area is 179 Å². The van der Waals surface area contributed by atoms with E-state index < -0.39 is 20.0 Å². The van der Waals surface area contributed by atoms with Gasteiger partial charge in [-0.05, 0) is 51.5 Å². The summed E-state index contributed by atoms with van der Waals surface area (Å²) < 4.78 is 65.1. The zero-order chi connectivity index (χ0) is 22.1. The van der Waals surface area contributed by atoms with Gasteiger partial charge >= 0.3 is 0 Å². The summed E-state index contributed by atoms with van der Waals surface area (Å²) in [6.45, 7) is 8.63. The summed E-state index contributed by atoms with van der Waals surface area (Å²) in [4.78, 5) is 0.180. The summed E-state index contributed by atoms with van der Waals surface area (Å²) in [6.07, 6.45) is 0.831. The predicted molar refractivity (Wildman–Crippen MR) is 115 cm³/mol. The third-order valence-electron chi connectivity index (χ3n) is 5.08. The van der Waals surface area contributed by atoms with Crippen LogP contribution in [0.25, 0.3) is 6.08 Å². The van der Waals surface area contributed by atoms with Gasteiger partial charge in [0.05, 0.1) is 29.3 Å². The first-order valence-corrected chi connectivity index (χ1v) is 13.0. The Morgan fingerprint density at radius 1 is 0.767 bits per heavy atom. The fraction of sp³-hybridized carbons (Fsp3) is 0.600. The van der Waals surface area contributed by atoms with Crippen LogP contribution in [0.4, 0.5) is 0 Å². The van der Waals surface area contributed by atoms with Crippen molar-refractivity contribution in [2.75, 3.05) is 26.2 Å². The monoisotopic (exact) mass is 458 g/mol. The lowest BCUT2D eigenvalue weighted by atomic mass is 10.2. The van der Waals surface area contributed by atoms with Crippen molar-refractivity contribution in [3.8, 4) is 0 Å². The molecule has 1 aromatic carbocycles. The summed E-state index contributed by atoms with van der Waals surface area (Å²) in [7, 11) is -7.21. The van der Waals surface area contributed by atoms with E-state index in [4.69, 9.17) is 9.47 Å². The highest BCUT2D eigenvalue weighted by molar-refractivity contribution is 7.92. The molecule has 168 valence electrons. The van der Waals surface area contributed by atoms with E-state index in [1.54, 1.807) is 12.1 Å². The average Bonchev–Trinajstić information content (AvgIpc) is 2.65. The molecule has 1 aromatic rings. The van der Waals surface area contributed by atoms with Crippen molar-refractivity contribution in [2.24, 2.45) is 0 Å². The molecule has 3 rings (SSSR count). The Morgan fingerprint density at radius 3 is 1.67 bits per heavy atom. The van der Waals surface area contributed by atoms with Gasteiger partial charge in [0.25, 0.3) is 0 Å². The molecule has 0 aromatic heterocycles. The molecule has 0 spiro atoms. The number of sulfonamides is 2. The van der Waals surface area contributed by atoms with E-state index in [1.165, 1.54) is 26.8 Å². The summed E-state index contributed by atoms with van der Waals surface area (Å²) in [5.41, 5.74) is 0.607. The topological polar surface area (TPSA) is 93.2 Å². The highest BCUT2D eigenvalue weighted by Gasteiger charge is 2.32. The maximum absolute atomic E-state index is 12.9. The number of nitrogens with zero attached hydrogens (tertiary/aromatic N) is 2. The molecule has 8 nitrogen and oxygen atoms in total.